The van der Waals surface area contributed by atoms with E-state index in [-0.39, 0.29) is 5.91 Å². The zero-order chi connectivity index (χ0) is 18.1. The molecular formula is C19H21N5O2. The first-order valence-corrected chi connectivity index (χ1v) is 8.81. The fraction of sp³-hybridized carbons (Fsp3) is 0.368. The van der Waals surface area contributed by atoms with E-state index in [1.165, 1.54) is 12.8 Å². The topological polar surface area (TPSA) is 96.0 Å². The lowest BCUT2D eigenvalue weighted by atomic mass is 9.91. The number of nitrogens with one attached hydrogen (secondary N) is 3. The lowest BCUT2D eigenvalue weighted by molar-refractivity contribution is -0.123. The van der Waals surface area contributed by atoms with E-state index in [0.717, 1.165) is 35.0 Å². The van der Waals surface area contributed by atoms with Crippen molar-refractivity contribution < 1.29 is 9.59 Å². The molecule has 2 aliphatic rings. The molecule has 26 heavy (non-hydrogen) atoms. The number of benzene rings is 1. The van der Waals surface area contributed by atoms with Gasteiger partial charge in [0.1, 0.15) is 17.7 Å². The largest absolute Gasteiger partial charge is 0.366 e. The van der Waals surface area contributed by atoms with Crippen LogP contribution in [0.3, 0.4) is 0 Å². The number of urea groups is 1. The molecule has 7 nitrogen and oxygen atoms in total. The number of nitrogens with zero attached hydrogens (tertiary/aromatic N) is 2. The third kappa shape index (κ3) is 3.37. The molecular weight excluding hydrogens is 330 g/mol. The summed E-state index contributed by atoms with van der Waals surface area (Å²) in [6.07, 6.45) is 5.23. The zero-order valence-corrected chi connectivity index (χ0v) is 14.6. The van der Waals surface area contributed by atoms with Crippen molar-refractivity contribution in [2.45, 2.75) is 38.3 Å². The van der Waals surface area contributed by atoms with E-state index in [9.17, 15) is 9.59 Å². The average molecular weight is 351 g/mol. The van der Waals surface area contributed by atoms with Crippen molar-refractivity contribution >= 4 is 17.8 Å². The van der Waals surface area contributed by atoms with Crippen LogP contribution in [0.4, 0.5) is 10.6 Å². The van der Waals surface area contributed by atoms with Crippen molar-refractivity contribution in [3.8, 4) is 0 Å². The highest BCUT2D eigenvalue weighted by molar-refractivity contribution is 6.07. The van der Waals surface area contributed by atoms with Crippen molar-refractivity contribution in [3.05, 3.63) is 53.5 Å². The Labute approximate surface area is 151 Å². The maximum Gasteiger partial charge on any atom is 0.322 e. The molecule has 7 heteroatoms. The van der Waals surface area contributed by atoms with Crippen LogP contribution in [0.2, 0.25) is 0 Å². The van der Waals surface area contributed by atoms with Gasteiger partial charge in [0.05, 0.1) is 0 Å². The summed E-state index contributed by atoms with van der Waals surface area (Å²) in [6.45, 7) is 2.32. The molecule has 2 fully saturated rings. The van der Waals surface area contributed by atoms with Crippen LogP contribution in [0.25, 0.3) is 0 Å². The van der Waals surface area contributed by atoms with Crippen molar-refractivity contribution in [1.29, 1.82) is 0 Å². The van der Waals surface area contributed by atoms with Crippen molar-refractivity contribution in [3.63, 3.8) is 0 Å². The van der Waals surface area contributed by atoms with Crippen molar-refractivity contribution in [2.75, 3.05) is 5.32 Å². The molecule has 1 aliphatic heterocycles. The minimum Gasteiger partial charge on any atom is -0.366 e. The first kappa shape index (κ1) is 16.5. The van der Waals surface area contributed by atoms with E-state index < -0.39 is 11.6 Å². The van der Waals surface area contributed by atoms with Crippen LogP contribution < -0.4 is 16.0 Å². The first-order valence-electron chi connectivity index (χ1n) is 8.81. The Morgan fingerprint density at radius 3 is 2.62 bits per heavy atom. The Morgan fingerprint density at radius 2 is 1.96 bits per heavy atom. The molecule has 1 saturated heterocycles. The van der Waals surface area contributed by atoms with E-state index in [1.807, 2.05) is 30.3 Å². The molecule has 0 radical (unpaired) electrons. The molecule has 1 aromatic heterocycles. The molecule has 0 spiro atoms. The third-order valence-corrected chi connectivity index (χ3v) is 4.97. The van der Waals surface area contributed by atoms with Gasteiger partial charge in [-0.15, -0.1) is 0 Å². The highest BCUT2D eigenvalue weighted by atomic mass is 16.2. The van der Waals surface area contributed by atoms with Gasteiger partial charge in [-0.2, -0.15) is 0 Å². The Balaban J connectivity index is 1.40. The molecule has 1 saturated carbocycles. The number of imide groups is 1. The van der Waals surface area contributed by atoms with Gasteiger partial charge in [-0.1, -0.05) is 24.3 Å². The molecule has 3 amide bonds. The molecule has 2 aromatic rings. The molecule has 0 bridgehead atoms. The van der Waals surface area contributed by atoms with Crippen LogP contribution in [-0.2, 0) is 23.3 Å². The van der Waals surface area contributed by atoms with Crippen molar-refractivity contribution in [1.82, 2.24) is 20.6 Å². The lowest BCUT2D eigenvalue weighted by Crippen LogP contribution is -2.40. The predicted molar refractivity (Wildman–Crippen MR) is 96.3 cm³/mol. The van der Waals surface area contributed by atoms with Crippen LogP contribution in [0.1, 0.15) is 36.6 Å². The van der Waals surface area contributed by atoms with Crippen LogP contribution >= 0.6 is 0 Å². The summed E-state index contributed by atoms with van der Waals surface area (Å²) >= 11 is 0. The second-order valence-corrected chi connectivity index (χ2v) is 7.13. The van der Waals surface area contributed by atoms with E-state index in [1.54, 1.807) is 13.3 Å². The van der Waals surface area contributed by atoms with Gasteiger partial charge < -0.3 is 10.6 Å². The second kappa shape index (κ2) is 6.40. The quantitative estimate of drug-likeness (QED) is 0.693. The predicted octanol–water partition coefficient (Wildman–Crippen LogP) is 2.10. The normalized spacial score (nSPS) is 22.0. The number of hydrogen-bond donors (Lipinski definition) is 3. The number of carbonyl (C=O) groups excluding carboxylic acids is 2. The van der Waals surface area contributed by atoms with Gasteiger partial charge >= 0.3 is 6.03 Å². The average Bonchev–Trinajstić information content (AvgIpc) is 3.39. The van der Waals surface area contributed by atoms with Crippen LogP contribution in [0, 0.1) is 5.92 Å². The lowest BCUT2D eigenvalue weighted by Gasteiger charge is -2.21. The van der Waals surface area contributed by atoms with Gasteiger partial charge in [0.15, 0.2) is 0 Å². The Hall–Kier alpha value is -2.96. The number of amides is 3. The van der Waals surface area contributed by atoms with E-state index in [0.29, 0.717) is 6.54 Å². The minimum atomic E-state index is -1.02. The summed E-state index contributed by atoms with van der Waals surface area (Å²) in [5.74, 6) is 1.27. The second-order valence-electron chi connectivity index (χ2n) is 7.13. The molecule has 2 heterocycles. The van der Waals surface area contributed by atoms with E-state index in [2.05, 4.69) is 25.9 Å². The Morgan fingerprint density at radius 1 is 1.19 bits per heavy atom. The Kier molecular flexibility index (Phi) is 4.06. The summed E-state index contributed by atoms with van der Waals surface area (Å²) in [4.78, 5) is 32.0. The third-order valence-electron chi connectivity index (χ3n) is 4.97. The summed E-state index contributed by atoms with van der Waals surface area (Å²) < 4.78 is 0. The summed E-state index contributed by atoms with van der Waals surface area (Å²) in [5, 5.41) is 8.25. The SMILES string of the molecule is CC1(c2ccc(CNc3cc(CC4CC4)ncn3)cc2)NC(=O)NC1=O. The van der Waals surface area contributed by atoms with Gasteiger partial charge in [0, 0.05) is 18.3 Å². The highest BCUT2D eigenvalue weighted by Gasteiger charge is 2.43. The van der Waals surface area contributed by atoms with E-state index >= 15 is 0 Å². The standard InChI is InChI=1S/C19H21N5O2/c1-19(17(25)23-18(26)24-19)14-6-4-13(5-7-14)10-20-16-9-15(21-11-22-16)8-12-2-3-12/h4-7,9,11-12H,2-3,8,10H2,1H3,(H,20,21,22)(H2,23,24,25,26). The maximum atomic E-state index is 12.0. The number of carbonyl (C=O) groups is 2. The van der Waals surface area contributed by atoms with Gasteiger partial charge in [-0.05, 0) is 43.2 Å². The molecule has 3 N–H and O–H groups in total. The van der Waals surface area contributed by atoms with Gasteiger partial charge in [0.2, 0.25) is 0 Å². The number of hydrogen-bond acceptors (Lipinski definition) is 5. The molecule has 1 aromatic carbocycles. The molecule has 1 atom stereocenters. The highest BCUT2D eigenvalue weighted by Crippen LogP contribution is 2.32. The van der Waals surface area contributed by atoms with Gasteiger partial charge in [0.25, 0.3) is 5.91 Å². The smallest absolute Gasteiger partial charge is 0.322 e. The number of anilines is 1. The van der Waals surface area contributed by atoms with Gasteiger partial charge in [-0.3, -0.25) is 10.1 Å². The zero-order valence-electron chi connectivity index (χ0n) is 14.6. The summed E-state index contributed by atoms with van der Waals surface area (Å²) in [7, 11) is 0. The molecule has 1 unspecified atom stereocenters. The molecule has 134 valence electrons. The van der Waals surface area contributed by atoms with Crippen LogP contribution in [-0.4, -0.2) is 21.9 Å². The van der Waals surface area contributed by atoms with E-state index in [4.69, 9.17) is 0 Å². The van der Waals surface area contributed by atoms with Gasteiger partial charge in [-0.25, -0.2) is 14.8 Å². The van der Waals surface area contributed by atoms with Crippen LogP contribution in [0.5, 0.6) is 0 Å². The number of rotatable bonds is 6. The first-order chi connectivity index (χ1) is 12.5. The Bertz CT molecular complexity index is 847. The fourth-order valence-electron chi connectivity index (χ4n) is 3.12. The van der Waals surface area contributed by atoms with Crippen molar-refractivity contribution in [2.24, 2.45) is 5.92 Å². The summed E-state index contributed by atoms with van der Waals surface area (Å²) in [5.41, 5.74) is 1.87. The summed E-state index contributed by atoms with van der Waals surface area (Å²) in [6, 6.07) is 9.15. The number of aromatic nitrogens is 2. The molecule has 1 aliphatic carbocycles. The van der Waals surface area contributed by atoms with Crippen LogP contribution in [0.15, 0.2) is 36.7 Å². The maximum absolute atomic E-state index is 12.0. The molecule has 4 rings (SSSR count). The minimum absolute atomic E-state index is 0.336. The monoisotopic (exact) mass is 351 g/mol. The fourth-order valence-corrected chi connectivity index (χ4v) is 3.12.